The van der Waals surface area contributed by atoms with Gasteiger partial charge in [-0.25, -0.2) is 0 Å². The number of fused-ring (bicyclic) bond motifs is 1. The maximum atomic E-state index is 12.4. The van der Waals surface area contributed by atoms with Gasteiger partial charge in [-0.15, -0.1) is 0 Å². The van der Waals surface area contributed by atoms with Crippen LogP contribution in [0.15, 0.2) is 36.4 Å². The predicted molar refractivity (Wildman–Crippen MR) is 115 cm³/mol. The second kappa shape index (κ2) is 10.5. The van der Waals surface area contributed by atoms with E-state index in [1.807, 2.05) is 0 Å². The zero-order valence-corrected chi connectivity index (χ0v) is 18.0. The monoisotopic (exact) mass is 461 g/mol. The summed E-state index contributed by atoms with van der Waals surface area (Å²) in [7, 11) is 2.94. The predicted octanol–water partition coefficient (Wildman–Crippen LogP) is 0.894. The third-order valence-corrected chi connectivity index (χ3v) is 4.74. The molecule has 3 rings (SSSR count). The smallest absolute Gasteiger partial charge is 0.271 e. The van der Waals surface area contributed by atoms with Gasteiger partial charge in [-0.05, 0) is 18.2 Å². The van der Waals surface area contributed by atoms with Crippen molar-refractivity contribution in [3.8, 4) is 23.0 Å². The van der Waals surface area contributed by atoms with Crippen LogP contribution in [0.25, 0.3) is 0 Å². The van der Waals surface area contributed by atoms with Crippen molar-refractivity contribution in [1.82, 2.24) is 5.32 Å². The molecule has 12 nitrogen and oxygen atoms in total. The van der Waals surface area contributed by atoms with E-state index in [2.05, 4.69) is 5.32 Å². The number of nitrogens with one attached hydrogen (secondary N) is 1. The molecule has 2 aromatic rings. The first-order chi connectivity index (χ1) is 15.8. The van der Waals surface area contributed by atoms with E-state index in [1.165, 1.54) is 32.4 Å². The van der Waals surface area contributed by atoms with Crippen molar-refractivity contribution < 1.29 is 38.6 Å². The van der Waals surface area contributed by atoms with Gasteiger partial charge in [0.15, 0.2) is 18.1 Å². The fraction of sp³-hybridized carbons (Fsp3) is 0.333. The summed E-state index contributed by atoms with van der Waals surface area (Å²) in [5, 5.41) is 23.8. The van der Waals surface area contributed by atoms with Crippen LogP contribution in [0.1, 0.15) is 0 Å². The van der Waals surface area contributed by atoms with Gasteiger partial charge in [0.25, 0.3) is 11.6 Å². The van der Waals surface area contributed by atoms with Crippen molar-refractivity contribution in [3.63, 3.8) is 0 Å². The number of hydrogen-bond donors (Lipinski definition) is 2. The molecule has 0 aromatic heterocycles. The number of nitrogens with zero attached hydrogens (tertiary/aromatic N) is 2. The number of ether oxygens (including phenoxy) is 4. The van der Waals surface area contributed by atoms with Crippen molar-refractivity contribution in [3.05, 3.63) is 46.5 Å². The highest BCUT2D eigenvalue weighted by atomic mass is 16.6. The minimum absolute atomic E-state index is 0.128. The van der Waals surface area contributed by atoms with E-state index in [4.69, 9.17) is 18.9 Å². The van der Waals surface area contributed by atoms with E-state index >= 15 is 0 Å². The van der Waals surface area contributed by atoms with Gasteiger partial charge in [-0.3, -0.25) is 24.6 Å². The van der Waals surface area contributed by atoms with E-state index in [1.54, 1.807) is 18.2 Å². The summed E-state index contributed by atoms with van der Waals surface area (Å²) in [5.74, 6) is 0.312. The van der Waals surface area contributed by atoms with Crippen molar-refractivity contribution in [2.24, 2.45) is 0 Å². The van der Waals surface area contributed by atoms with Gasteiger partial charge < -0.3 is 29.4 Å². The Kier molecular flexibility index (Phi) is 7.51. The SMILES string of the molecule is COc1cccc(OC)c1OCC(O)CNC(=O)CN1C(=O)COc2ccc([N+](=O)[O-])cc21. The van der Waals surface area contributed by atoms with Gasteiger partial charge in [0.1, 0.15) is 25.0 Å². The van der Waals surface area contributed by atoms with E-state index < -0.39 is 29.4 Å². The first-order valence-corrected chi connectivity index (χ1v) is 9.84. The molecule has 1 aliphatic rings. The number of aliphatic hydroxyl groups excluding tert-OH is 1. The summed E-state index contributed by atoms with van der Waals surface area (Å²) in [6.45, 7) is -1.02. The summed E-state index contributed by atoms with van der Waals surface area (Å²) >= 11 is 0. The fourth-order valence-corrected chi connectivity index (χ4v) is 3.11. The first kappa shape index (κ1) is 23.6. The molecule has 0 saturated carbocycles. The van der Waals surface area contributed by atoms with Gasteiger partial charge in [-0.2, -0.15) is 0 Å². The molecule has 0 spiro atoms. The van der Waals surface area contributed by atoms with E-state index in [9.17, 15) is 24.8 Å². The van der Waals surface area contributed by atoms with Crippen LogP contribution >= 0.6 is 0 Å². The summed E-state index contributed by atoms with van der Waals surface area (Å²) < 4.78 is 21.3. The van der Waals surface area contributed by atoms with Crippen molar-refractivity contribution >= 4 is 23.2 Å². The van der Waals surface area contributed by atoms with E-state index in [-0.39, 0.29) is 36.9 Å². The van der Waals surface area contributed by atoms with Crippen LogP contribution < -0.4 is 29.2 Å². The van der Waals surface area contributed by atoms with Gasteiger partial charge in [0, 0.05) is 18.7 Å². The van der Waals surface area contributed by atoms with Crippen LogP contribution in [0.4, 0.5) is 11.4 Å². The Morgan fingerprint density at radius 2 is 1.97 bits per heavy atom. The lowest BCUT2D eigenvalue weighted by Gasteiger charge is -2.28. The second-order valence-corrected chi connectivity index (χ2v) is 6.94. The Hall–Kier alpha value is -4.06. The maximum Gasteiger partial charge on any atom is 0.271 e. The molecule has 1 atom stereocenters. The molecule has 2 N–H and O–H groups in total. The summed E-state index contributed by atoms with van der Waals surface area (Å²) in [6, 6.07) is 8.86. The first-order valence-electron chi connectivity index (χ1n) is 9.84. The minimum atomic E-state index is -1.07. The molecular formula is C21H23N3O9. The number of rotatable bonds is 10. The molecule has 0 fully saturated rings. The van der Waals surface area contributed by atoms with Gasteiger partial charge in [0.05, 0.1) is 24.8 Å². The molecule has 1 aliphatic heterocycles. The summed E-state index contributed by atoms with van der Waals surface area (Å²) in [5.41, 5.74) is -0.112. The Morgan fingerprint density at radius 3 is 2.61 bits per heavy atom. The highest BCUT2D eigenvalue weighted by Gasteiger charge is 2.29. The van der Waals surface area contributed by atoms with Crippen molar-refractivity contribution in [1.29, 1.82) is 0 Å². The van der Waals surface area contributed by atoms with Gasteiger partial charge in [0.2, 0.25) is 11.7 Å². The minimum Gasteiger partial charge on any atom is -0.493 e. The van der Waals surface area contributed by atoms with Crippen LogP contribution in [0, 0.1) is 10.1 Å². The maximum absolute atomic E-state index is 12.4. The average molecular weight is 461 g/mol. The normalized spacial score (nSPS) is 13.4. The Labute approximate surface area is 188 Å². The third-order valence-electron chi connectivity index (χ3n) is 4.74. The molecule has 33 heavy (non-hydrogen) atoms. The molecule has 12 heteroatoms. The zero-order chi connectivity index (χ0) is 24.0. The van der Waals surface area contributed by atoms with Crippen LogP contribution in [-0.4, -0.2) is 68.5 Å². The topological polar surface area (TPSA) is 150 Å². The highest BCUT2D eigenvalue weighted by Crippen LogP contribution is 2.37. The molecule has 0 aliphatic carbocycles. The van der Waals surface area contributed by atoms with Gasteiger partial charge >= 0.3 is 0 Å². The van der Waals surface area contributed by atoms with Crippen molar-refractivity contribution in [2.75, 3.05) is 45.4 Å². The second-order valence-electron chi connectivity index (χ2n) is 6.94. The molecule has 1 heterocycles. The molecule has 2 aromatic carbocycles. The van der Waals surface area contributed by atoms with Crippen molar-refractivity contribution in [2.45, 2.75) is 6.10 Å². The number of non-ortho nitro benzene ring substituents is 1. The number of anilines is 1. The number of para-hydroxylation sites is 1. The third kappa shape index (κ3) is 5.60. The van der Waals surface area contributed by atoms with E-state index in [0.717, 1.165) is 4.90 Å². The quantitative estimate of drug-likeness (QED) is 0.388. The number of methoxy groups -OCH3 is 2. The summed E-state index contributed by atoms with van der Waals surface area (Å²) in [4.78, 5) is 36.2. The molecule has 0 saturated heterocycles. The number of nitro groups is 1. The number of carbonyl (C=O) groups is 2. The van der Waals surface area contributed by atoms with Crippen LogP contribution in [-0.2, 0) is 9.59 Å². The lowest BCUT2D eigenvalue weighted by atomic mass is 10.2. The molecule has 1 unspecified atom stereocenters. The number of benzene rings is 2. The molecule has 0 bridgehead atoms. The van der Waals surface area contributed by atoms with Crippen LogP contribution in [0.3, 0.4) is 0 Å². The van der Waals surface area contributed by atoms with E-state index in [0.29, 0.717) is 17.2 Å². The largest absolute Gasteiger partial charge is 0.493 e. The number of amides is 2. The lowest BCUT2D eigenvalue weighted by molar-refractivity contribution is -0.384. The van der Waals surface area contributed by atoms with Gasteiger partial charge in [-0.1, -0.05) is 6.07 Å². The van der Waals surface area contributed by atoms with Crippen LogP contribution in [0.2, 0.25) is 0 Å². The Bertz CT molecular complexity index is 1020. The fourth-order valence-electron chi connectivity index (χ4n) is 3.11. The number of hydrogen-bond acceptors (Lipinski definition) is 9. The lowest BCUT2D eigenvalue weighted by Crippen LogP contribution is -2.46. The Balaban J connectivity index is 1.57. The van der Waals surface area contributed by atoms with Crippen LogP contribution in [0.5, 0.6) is 23.0 Å². The average Bonchev–Trinajstić information content (AvgIpc) is 2.82. The molecule has 0 radical (unpaired) electrons. The summed E-state index contributed by atoms with van der Waals surface area (Å²) in [6.07, 6.45) is -1.07. The molecule has 2 amide bonds. The molecular weight excluding hydrogens is 438 g/mol. The molecule has 176 valence electrons. The standard InChI is InChI=1S/C21H23N3O9/c1-30-17-4-3-5-18(31-2)21(17)33-11-14(25)9-22-19(26)10-23-15-8-13(24(28)29)6-7-16(15)32-12-20(23)27/h3-8,14,25H,9-12H2,1-2H3,(H,22,26). The number of carbonyl (C=O) groups excluding carboxylic acids is 2. The number of nitro benzene ring substituents is 1. The highest BCUT2D eigenvalue weighted by molar-refractivity contribution is 6.02. The Morgan fingerprint density at radius 1 is 1.27 bits per heavy atom. The number of aliphatic hydroxyl groups is 1. The zero-order valence-electron chi connectivity index (χ0n) is 18.0.